The Labute approximate surface area is 95.2 Å². The molecule has 1 amide bonds. The van der Waals surface area contributed by atoms with Crippen molar-refractivity contribution in [2.45, 2.75) is 13.0 Å². The van der Waals surface area contributed by atoms with Crippen LogP contribution in [0.3, 0.4) is 0 Å². The summed E-state index contributed by atoms with van der Waals surface area (Å²) in [4.78, 5) is 13.2. The molecule has 0 unspecified atom stereocenters. The van der Waals surface area contributed by atoms with Crippen LogP contribution < -0.4 is 10.2 Å². The zero-order valence-corrected chi connectivity index (χ0v) is 9.40. The molecule has 1 aromatic rings. The standard InChI is InChI=1S/C12H16N2O2/c1-13-9-10-3-5-11(6-4-10)14-7-2-8-16-12(14)15/h3-6,13H,2,7-9H2,1H3. The quantitative estimate of drug-likeness (QED) is 0.843. The monoisotopic (exact) mass is 220 g/mol. The Hall–Kier alpha value is -1.55. The van der Waals surface area contributed by atoms with Gasteiger partial charge in [-0.05, 0) is 31.2 Å². The van der Waals surface area contributed by atoms with E-state index in [1.54, 1.807) is 4.90 Å². The van der Waals surface area contributed by atoms with Crippen molar-refractivity contribution in [2.24, 2.45) is 0 Å². The normalized spacial score (nSPS) is 16.1. The lowest BCUT2D eigenvalue weighted by Crippen LogP contribution is -2.37. The van der Waals surface area contributed by atoms with Crippen LogP contribution >= 0.6 is 0 Å². The molecule has 16 heavy (non-hydrogen) atoms. The minimum absolute atomic E-state index is 0.243. The van der Waals surface area contributed by atoms with Crippen molar-refractivity contribution < 1.29 is 9.53 Å². The molecule has 0 saturated carbocycles. The minimum Gasteiger partial charge on any atom is -0.449 e. The fourth-order valence-electron chi connectivity index (χ4n) is 1.78. The van der Waals surface area contributed by atoms with Crippen LogP contribution in [0.1, 0.15) is 12.0 Å². The molecular weight excluding hydrogens is 204 g/mol. The number of ether oxygens (including phenoxy) is 1. The summed E-state index contributed by atoms with van der Waals surface area (Å²) in [7, 11) is 1.91. The second-order valence-electron chi connectivity index (χ2n) is 3.82. The van der Waals surface area contributed by atoms with Crippen LogP contribution in [0.25, 0.3) is 0 Å². The van der Waals surface area contributed by atoms with E-state index < -0.39 is 0 Å². The Morgan fingerprint density at radius 3 is 2.75 bits per heavy atom. The summed E-state index contributed by atoms with van der Waals surface area (Å²) in [5, 5.41) is 3.09. The number of carbonyl (C=O) groups is 1. The Kier molecular flexibility index (Phi) is 3.41. The maximum atomic E-state index is 11.5. The van der Waals surface area contributed by atoms with Gasteiger partial charge < -0.3 is 10.1 Å². The van der Waals surface area contributed by atoms with Crippen LogP contribution in [0, 0.1) is 0 Å². The van der Waals surface area contributed by atoms with Gasteiger partial charge in [-0.3, -0.25) is 4.90 Å². The average molecular weight is 220 g/mol. The van der Waals surface area contributed by atoms with E-state index in [1.165, 1.54) is 5.56 Å². The second-order valence-corrected chi connectivity index (χ2v) is 3.82. The van der Waals surface area contributed by atoms with Gasteiger partial charge in [-0.2, -0.15) is 0 Å². The molecule has 0 aliphatic carbocycles. The van der Waals surface area contributed by atoms with Gasteiger partial charge in [-0.25, -0.2) is 4.79 Å². The maximum absolute atomic E-state index is 11.5. The van der Waals surface area contributed by atoms with E-state index in [2.05, 4.69) is 5.32 Å². The van der Waals surface area contributed by atoms with Crippen LogP contribution in [-0.4, -0.2) is 26.3 Å². The lowest BCUT2D eigenvalue weighted by Gasteiger charge is -2.26. The van der Waals surface area contributed by atoms with Crippen molar-refractivity contribution in [2.75, 3.05) is 25.1 Å². The molecule has 1 aromatic carbocycles. The number of hydrogen-bond acceptors (Lipinski definition) is 3. The Morgan fingerprint density at radius 2 is 2.12 bits per heavy atom. The first-order chi connectivity index (χ1) is 7.81. The van der Waals surface area contributed by atoms with Crippen molar-refractivity contribution in [3.8, 4) is 0 Å². The molecule has 0 spiro atoms. The van der Waals surface area contributed by atoms with Gasteiger partial charge in [-0.15, -0.1) is 0 Å². The van der Waals surface area contributed by atoms with E-state index >= 15 is 0 Å². The molecule has 86 valence electrons. The number of anilines is 1. The number of nitrogens with zero attached hydrogens (tertiary/aromatic N) is 1. The Bertz CT molecular complexity index is 362. The topological polar surface area (TPSA) is 41.6 Å². The lowest BCUT2D eigenvalue weighted by molar-refractivity contribution is 0.140. The van der Waals surface area contributed by atoms with Crippen LogP contribution in [0.2, 0.25) is 0 Å². The Balaban J connectivity index is 2.11. The highest BCUT2D eigenvalue weighted by Gasteiger charge is 2.20. The zero-order chi connectivity index (χ0) is 11.4. The maximum Gasteiger partial charge on any atom is 0.414 e. The SMILES string of the molecule is CNCc1ccc(N2CCCOC2=O)cc1. The van der Waals surface area contributed by atoms with Crippen molar-refractivity contribution in [1.82, 2.24) is 5.32 Å². The molecule has 1 fully saturated rings. The highest BCUT2D eigenvalue weighted by molar-refractivity contribution is 5.88. The first kappa shape index (κ1) is 11.0. The van der Waals surface area contributed by atoms with Crippen LogP contribution in [0.4, 0.5) is 10.5 Å². The molecule has 1 N–H and O–H groups in total. The van der Waals surface area contributed by atoms with Crippen molar-refractivity contribution >= 4 is 11.8 Å². The number of cyclic esters (lactones) is 1. The molecule has 2 rings (SSSR count). The first-order valence-corrected chi connectivity index (χ1v) is 5.49. The van der Waals surface area contributed by atoms with Gasteiger partial charge in [0.15, 0.2) is 0 Å². The van der Waals surface area contributed by atoms with Crippen LogP contribution in [-0.2, 0) is 11.3 Å². The van der Waals surface area contributed by atoms with Crippen molar-refractivity contribution in [3.63, 3.8) is 0 Å². The third-order valence-corrected chi connectivity index (χ3v) is 2.60. The van der Waals surface area contributed by atoms with E-state index in [9.17, 15) is 4.79 Å². The summed E-state index contributed by atoms with van der Waals surface area (Å²) in [5.74, 6) is 0. The molecule has 1 saturated heterocycles. The largest absolute Gasteiger partial charge is 0.449 e. The van der Waals surface area contributed by atoms with Gasteiger partial charge in [0.1, 0.15) is 0 Å². The van der Waals surface area contributed by atoms with E-state index in [4.69, 9.17) is 4.74 Å². The van der Waals surface area contributed by atoms with Crippen molar-refractivity contribution in [1.29, 1.82) is 0 Å². The van der Waals surface area contributed by atoms with Gasteiger partial charge in [0.05, 0.1) is 6.61 Å². The third-order valence-electron chi connectivity index (χ3n) is 2.60. The van der Waals surface area contributed by atoms with Gasteiger partial charge in [0.25, 0.3) is 0 Å². The van der Waals surface area contributed by atoms with E-state index in [-0.39, 0.29) is 6.09 Å². The van der Waals surface area contributed by atoms with Crippen LogP contribution in [0.15, 0.2) is 24.3 Å². The predicted octanol–water partition coefficient (Wildman–Crippen LogP) is 1.75. The van der Waals surface area contributed by atoms with E-state index in [0.717, 1.165) is 25.2 Å². The summed E-state index contributed by atoms with van der Waals surface area (Å²) in [6, 6.07) is 7.96. The highest BCUT2D eigenvalue weighted by atomic mass is 16.6. The van der Waals surface area contributed by atoms with E-state index in [1.807, 2.05) is 31.3 Å². The summed E-state index contributed by atoms with van der Waals surface area (Å²) in [6.45, 7) is 2.11. The number of benzene rings is 1. The molecule has 0 bridgehead atoms. The summed E-state index contributed by atoms with van der Waals surface area (Å²) in [5.41, 5.74) is 2.11. The third kappa shape index (κ3) is 2.33. The van der Waals surface area contributed by atoms with Gasteiger partial charge >= 0.3 is 6.09 Å². The molecular formula is C12H16N2O2. The first-order valence-electron chi connectivity index (χ1n) is 5.49. The molecule has 4 heteroatoms. The predicted molar refractivity (Wildman–Crippen MR) is 62.5 cm³/mol. The summed E-state index contributed by atoms with van der Waals surface area (Å²) in [6.07, 6.45) is 0.650. The molecule has 0 radical (unpaired) electrons. The van der Waals surface area contributed by atoms with E-state index in [0.29, 0.717) is 6.61 Å². The van der Waals surface area contributed by atoms with Gasteiger partial charge in [0, 0.05) is 18.8 Å². The number of rotatable bonds is 3. The number of nitrogens with one attached hydrogen (secondary N) is 1. The highest BCUT2D eigenvalue weighted by Crippen LogP contribution is 2.19. The van der Waals surface area contributed by atoms with Gasteiger partial charge in [0.2, 0.25) is 0 Å². The zero-order valence-electron chi connectivity index (χ0n) is 9.40. The number of amides is 1. The minimum atomic E-state index is -0.243. The number of hydrogen-bond donors (Lipinski definition) is 1. The fourth-order valence-corrected chi connectivity index (χ4v) is 1.78. The van der Waals surface area contributed by atoms with Crippen LogP contribution in [0.5, 0.6) is 0 Å². The lowest BCUT2D eigenvalue weighted by atomic mass is 10.2. The molecule has 4 nitrogen and oxygen atoms in total. The smallest absolute Gasteiger partial charge is 0.414 e. The number of carbonyl (C=O) groups excluding carboxylic acids is 1. The molecule has 1 aliphatic rings. The second kappa shape index (κ2) is 4.99. The molecule has 0 aromatic heterocycles. The molecule has 0 atom stereocenters. The Morgan fingerprint density at radius 1 is 1.38 bits per heavy atom. The molecule has 1 heterocycles. The molecule has 1 aliphatic heterocycles. The van der Waals surface area contributed by atoms with Crippen molar-refractivity contribution in [3.05, 3.63) is 29.8 Å². The van der Waals surface area contributed by atoms with Gasteiger partial charge in [-0.1, -0.05) is 12.1 Å². The summed E-state index contributed by atoms with van der Waals surface area (Å²) >= 11 is 0. The average Bonchev–Trinajstić information content (AvgIpc) is 2.31. The fraction of sp³-hybridized carbons (Fsp3) is 0.417. The summed E-state index contributed by atoms with van der Waals surface area (Å²) < 4.78 is 5.00.